The molecular formula is C24H24BrClN2O5S. The molecule has 0 fully saturated rings. The van der Waals surface area contributed by atoms with Gasteiger partial charge in [0.1, 0.15) is 11.5 Å². The van der Waals surface area contributed by atoms with Crippen LogP contribution in [-0.2, 0) is 14.8 Å². The quantitative estimate of drug-likeness (QED) is 0.335. The Bertz CT molecular complexity index is 1240. The predicted octanol–water partition coefficient (Wildman–Crippen LogP) is 5.56. The van der Waals surface area contributed by atoms with Gasteiger partial charge in [-0.25, -0.2) is 8.42 Å². The number of carbonyl (C=O) groups excluding carboxylic acids is 1. The van der Waals surface area contributed by atoms with Crippen molar-refractivity contribution in [2.75, 3.05) is 17.9 Å². The molecule has 0 aliphatic rings. The normalized spacial score (nSPS) is 12.0. The van der Waals surface area contributed by atoms with Crippen LogP contribution in [0, 0.1) is 0 Å². The molecule has 1 atom stereocenters. The van der Waals surface area contributed by atoms with Gasteiger partial charge in [0.15, 0.2) is 6.61 Å². The summed E-state index contributed by atoms with van der Waals surface area (Å²) in [5, 5.41) is 2.92. The summed E-state index contributed by atoms with van der Waals surface area (Å²) in [6.45, 7) is 3.98. The van der Waals surface area contributed by atoms with Crippen LogP contribution in [0.5, 0.6) is 11.5 Å². The summed E-state index contributed by atoms with van der Waals surface area (Å²) in [5.74, 6) is 0.513. The second-order valence-corrected chi connectivity index (χ2v) is 10.3. The number of nitrogens with one attached hydrogen (secondary N) is 2. The maximum Gasteiger partial charge on any atom is 0.261 e. The van der Waals surface area contributed by atoms with Crippen LogP contribution in [0.25, 0.3) is 0 Å². The Labute approximate surface area is 212 Å². The maximum atomic E-state index is 12.7. The van der Waals surface area contributed by atoms with E-state index in [1.165, 1.54) is 18.2 Å². The largest absolute Gasteiger partial charge is 0.494 e. The molecule has 3 rings (SSSR count). The van der Waals surface area contributed by atoms with Crippen molar-refractivity contribution in [2.45, 2.75) is 24.8 Å². The molecule has 0 saturated heterocycles. The van der Waals surface area contributed by atoms with E-state index in [1.54, 1.807) is 24.3 Å². The van der Waals surface area contributed by atoms with E-state index in [1.807, 2.05) is 38.1 Å². The zero-order valence-electron chi connectivity index (χ0n) is 18.5. The van der Waals surface area contributed by atoms with Crippen molar-refractivity contribution < 1.29 is 22.7 Å². The molecule has 2 N–H and O–H groups in total. The van der Waals surface area contributed by atoms with Gasteiger partial charge in [-0.1, -0.05) is 39.7 Å². The van der Waals surface area contributed by atoms with E-state index in [4.69, 9.17) is 21.1 Å². The lowest BCUT2D eigenvalue weighted by molar-refractivity contribution is -0.123. The lowest BCUT2D eigenvalue weighted by atomic mass is 10.1. The van der Waals surface area contributed by atoms with Crippen LogP contribution < -0.4 is 19.5 Å². The fraction of sp³-hybridized carbons (Fsp3) is 0.208. The van der Waals surface area contributed by atoms with Gasteiger partial charge in [0.05, 0.1) is 22.6 Å². The Kier molecular flexibility index (Phi) is 8.82. The average Bonchev–Trinajstić information content (AvgIpc) is 2.80. The number of halogens is 2. The molecule has 0 aliphatic carbocycles. The van der Waals surface area contributed by atoms with Crippen molar-refractivity contribution in [1.29, 1.82) is 0 Å². The third-order valence-electron chi connectivity index (χ3n) is 4.74. The number of anilines is 1. The van der Waals surface area contributed by atoms with Crippen molar-refractivity contribution in [3.05, 3.63) is 81.8 Å². The highest BCUT2D eigenvalue weighted by Gasteiger charge is 2.17. The zero-order chi connectivity index (χ0) is 24.7. The standard InChI is InChI=1S/C24H24BrClN2O5S/c1-3-32-20-10-8-19(9-11-20)28-34(30,31)21-12-13-23(22(26)14-21)33-15-24(29)27-16(2)17-4-6-18(25)7-5-17/h4-14,16,28H,3,15H2,1-2H3,(H,27,29)/t16-/m0/s1. The van der Waals surface area contributed by atoms with Crippen LogP contribution in [0.2, 0.25) is 5.02 Å². The number of rotatable bonds is 10. The number of hydrogen-bond acceptors (Lipinski definition) is 5. The first-order valence-electron chi connectivity index (χ1n) is 10.4. The first kappa shape index (κ1) is 25.9. The van der Waals surface area contributed by atoms with Crippen LogP contribution in [0.4, 0.5) is 5.69 Å². The summed E-state index contributed by atoms with van der Waals surface area (Å²) in [5.41, 5.74) is 1.33. The van der Waals surface area contributed by atoms with Gasteiger partial charge in [0.25, 0.3) is 15.9 Å². The van der Waals surface area contributed by atoms with Crippen LogP contribution >= 0.6 is 27.5 Å². The monoisotopic (exact) mass is 566 g/mol. The highest BCUT2D eigenvalue weighted by molar-refractivity contribution is 9.10. The number of sulfonamides is 1. The minimum absolute atomic E-state index is 0.0351. The summed E-state index contributed by atoms with van der Waals surface area (Å²) in [6, 6.07) is 18.0. The van der Waals surface area contributed by atoms with Gasteiger partial charge in [-0.05, 0) is 74.0 Å². The first-order chi connectivity index (χ1) is 16.2. The molecule has 0 heterocycles. The molecular weight excluding hydrogens is 544 g/mol. The van der Waals surface area contributed by atoms with E-state index in [0.29, 0.717) is 18.0 Å². The number of amides is 1. The van der Waals surface area contributed by atoms with Crippen molar-refractivity contribution in [1.82, 2.24) is 5.32 Å². The van der Waals surface area contributed by atoms with Crippen LogP contribution in [0.3, 0.4) is 0 Å². The summed E-state index contributed by atoms with van der Waals surface area (Å²) < 4.78 is 39.7. The van der Waals surface area contributed by atoms with Crippen molar-refractivity contribution in [2.24, 2.45) is 0 Å². The van der Waals surface area contributed by atoms with E-state index >= 15 is 0 Å². The minimum atomic E-state index is -3.87. The smallest absolute Gasteiger partial charge is 0.261 e. The van der Waals surface area contributed by atoms with Gasteiger partial charge in [-0.2, -0.15) is 0 Å². The molecule has 0 bridgehead atoms. The third-order valence-corrected chi connectivity index (χ3v) is 6.94. The van der Waals surface area contributed by atoms with E-state index in [9.17, 15) is 13.2 Å². The Hall–Kier alpha value is -2.75. The Morgan fingerprint density at radius 1 is 1.03 bits per heavy atom. The third kappa shape index (κ3) is 7.12. The number of carbonyl (C=O) groups is 1. The molecule has 3 aromatic carbocycles. The van der Waals surface area contributed by atoms with Crippen molar-refractivity contribution >= 4 is 49.1 Å². The number of ether oxygens (including phenoxy) is 2. The molecule has 0 radical (unpaired) electrons. The Morgan fingerprint density at radius 3 is 2.32 bits per heavy atom. The van der Waals surface area contributed by atoms with Gasteiger partial charge < -0.3 is 14.8 Å². The summed E-state index contributed by atoms with van der Waals surface area (Å²) in [6.07, 6.45) is 0. The topological polar surface area (TPSA) is 93.7 Å². The maximum absolute atomic E-state index is 12.7. The van der Waals surface area contributed by atoms with E-state index in [-0.39, 0.29) is 34.2 Å². The second-order valence-electron chi connectivity index (χ2n) is 7.28. The van der Waals surface area contributed by atoms with Crippen LogP contribution in [0.15, 0.2) is 76.1 Å². The van der Waals surface area contributed by atoms with E-state index in [0.717, 1.165) is 10.0 Å². The van der Waals surface area contributed by atoms with Gasteiger partial charge in [-0.3, -0.25) is 9.52 Å². The van der Waals surface area contributed by atoms with Crippen molar-refractivity contribution in [3.8, 4) is 11.5 Å². The molecule has 180 valence electrons. The summed E-state index contributed by atoms with van der Waals surface area (Å²) >= 11 is 9.60. The summed E-state index contributed by atoms with van der Waals surface area (Å²) in [4.78, 5) is 12.2. The molecule has 0 unspecified atom stereocenters. The highest BCUT2D eigenvalue weighted by atomic mass is 79.9. The van der Waals surface area contributed by atoms with Gasteiger partial charge in [0.2, 0.25) is 0 Å². The van der Waals surface area contributed by atoms with Gasteiger partial charge in [0, 0.05) is 10.2 Å². The SMILES string of the molecule is CCOc1ccc(NS(=O)(=O)c2ccc(OCC(=O)N[C@@H](C)c3ccc(Br)cc3)c(Cl)c2)cc1. The van der Waals surface area contributed by atoms with Crippen LogP contribution in [-0.4, -0.2) is 27.5 Å². The predicted molar refractivity (Wildman–Crippen MR) is 136 cm³/mol. The molecule has 0 saturated carbocycles. The second kappa shape index (κ2) is 11.6. The number of benzene rings is 3. The average molecular weight is 568 g/mol. The zero-order valence-corrected chi connectivity index (χ0v) is 21.7. The molecule has 3 aromatic rings. The lowest BCUT2D eigenvalue weighted by Crippen LogP contribution is -2.31. The molecule has 0 spiro atoms. The van der Waals surface area contributed by atoms with Crippen LogP contribution in [0.1, 0.15) is 25.5 Å². The van der Waals surface area contributed by atoms with Crippen molar-refractivity contribution in [3.63, 3.8) is 0 Å². The Balaban J connectivity index is 1.59. The highest BCUT2D eigenvalue weighted by Crippen LogP contribution is 2.28. The molecule has 10 heteroatoms. The molecule has 0 aliphatic heterocycles. The summed E-state index contributed by atoms with van der Waals surface area (Å²) in [7, 11) is -3.87. The van der Waals surface area contributed by atoms with Gasteiger partial charge >= 0.3 is 0 Å². The minimum Gasteiger partial charge on any atom is -0.494 e. The van der Waals surface area contributed by atoms with Gasteiger partial charge in [-0.15, -0.1) is 0 Å². The number of hydrogen-bond donors (Lipinski definition) is 2. The molecule has 1 amide bonds. The molecule has 7 nitrogen and oxygen atoms in total. The Morgan fingerprint density at radius 2 is 1.71 bits per heavy atom. The lowest BCUT2D eigenvalue weighted by Gasteiger charge is -2.15. The van der Waals surface area contributed by atoms with E-state index in [2.05, 4.69) is 26.0 Å². The van der Waals surface area contributed by atoms with E-state index < -0.39 is 10.0 Å². The molecule has 0 aromatic heterocycles. The first-order valence-corrected chi connectivity index (χ1v) is 13.1. The fourth-order valence-electron chi connectivity index (χ4n) is 3.03. The fourth-order valence-corrected chi connectivity index (χ4v) is 4.68. The molecule has 34 heavy (non-hydrogen) atoms.